The number of rotatable bonds is 6. The molecule has 0 aliphatic carbocycles. The summed E-state index contributed by atoms with van der Waals surface area (Å²) >= 11 is 11.6. The number of hydrogen-bond donors (Lipinski definition) is 4. The molecule has 108 valence electrons. The molecule has 0 aromatic rings. The smallest absolute Gasteiger partial charge is 0.186 e. The lowest BCUT2D eigenvalue weighted by atomic mass is 10.5. The SMILES string of the molecule is CNC(=S)N/N=C(\C)CSC/C(C)=N/NC(=S)NC. The van der Waals surface area contributed by atoms with Crippen molar-refractivity contribution in [3.8, 4) is 0 Å². The van der Waals surface area contributed by atoms with E-state index in [0.717, 1.165) is 22.9 Å². The zero-order valence-corrected chi connectivity index (χ0v) is 14.0. The summed E-state index contributed by atoms with van der Waals surface area (Å²) in [5.74, 6) is 1.62. The number of thiocarbonyl (C=S) groups is 2. The first-order chi connectivity index (χ1) is 8.99. The molecular formula is C10H20N6S3. The van der Waals surface area contributed by atoms with E-state index in [9.17, 15) is 0 Å². The topological polar surface area (TPSA) is 72.8 Å². The van der Waals surface area contributed by atoms with Gasteiger partial charge < -0.3 is 10.6 Å². The van der Waals surface area contributed by atoms with Crippen LogP contribution in [0.15, 0.2) is 10.2 Å². The van der Waals surface area contributed by atoms with Crippen LogP contribution in [0, 0.1) is 0 Å². The highest BCUT2D eigenvalue weighted by molar-refractivity contribution is 8.00. The third kappa shape index (κ3) is 10.7. The lowest BCUT2D eigenvalue weighted by Crippen LogP contribution is -2.29. The van der Waals surface area contributed by atoms with Gasteiger partial charge in [0.05, 0.1) is 0 Å². The molecule has 19 heavy (non-hydrogen) atoms. The Labute approximate surface area is 129 Å². The number of nitrogens with one attached hydrogen (secondary N) is 4. The Morgan fingerprint density at radius 3 is 1.58 bits per heavy atom. The fourth-order valence-corrected chi connectivity index (χ4v) is 1.73. The van der Waals surface area contributed by atoms with Crippen LogP contribution < -0.4 is 21.5 Å². The molecule has 0 aliphatic heterocycles. The van der Waals surface area contributed by atoms with Crippen LogP contribution in [0.1, 0.15) is 13.8 Å². The van der Waals surface area contributed by atoms with Crippen molar-refractivity contribution in [2.24, 2.45) is 10.2 Å². The largest absolute Gasteiger partial charge is 0.364 e. The van der Waals surface area contributed by atoms with Gasteiger partial charge in [-0.3, -0.25) is 10.9 Å². The standard InChI is InChI=1S/C10H20N6S3/c1-7(13-15-9(17)11-3)5-19-6-8(2)14-16-10(18)12-4/h5-6H2,1-4H3,(H2,11,15,17)(H2,12,16,18)/b13-7+,14-8+. The van der Waals surface area contributed by atoms with E-state index in [4.69, 9.17) is 24.4 Å². The predicted octanol–water partition coefficient (Wildman–Crippen LogP) is 0.659. The van der Waals surface area contributed by atoms with Gasteiger partial charge in [0.25, 0.3) is 0 Å². The number of nitrogens with zero attached hydrogens (tertiary/aromatic N) is 2. The summed E-state index contributed by atoms with van der Waals surface area (Å²) < 4.78 is 0. The number of thioether (sulfide) groups is 1. The summed E-state index contributed by atoms with van der Waals surface area (Å²) in [6.45, 7) is 3.89. The van der Waals surface area contributed by atoms with Crippen molar-refractivity contribution in [1.82, 2.24) is 21.5 Å². The van der Waals surface area contributed by atoms with Crippen LogP contribution in [0.25, 0.3) is 0 Å². The zero-order chi connectivity index (χ0) is 14.7. The third-order valence-electron chi connectivity index (χ3n) is 1.77. The Hall–Kier alpha value is -0.930. The van der Waals surface area contributed by atoms with Gasteiger partial charge in [-0.15, -0.1) is 11.8 Å². The molecule has 0 fully saturated rings. The predicted molar refractivity (Wildman–Crippen MR) is 93.1 cm³/mol. The van der Waals surface area contributed by atoms with Crippen molar-refractivity contribution in [3.63, 3.8) is 0 Å². The highest BCUT2D eigenvalue weighted by Crippen LogP contribution is 2.01. The molecular weight excluding hydrogens is 300 g/mol. The van der Waals surface area contributed by atoms with Crippen LogP contribution in [-0.4, -0.2) is 47.2 Å². The summed E-state index contributed by atoms with van der Waals surface area (Å²) in [4.78, 5) is 0. The summed E-state index contributed by atoms with van der Waals surface area (Å²) in [6, 6.07) is 0. The van der Waals surface area contributed by atoms with Crippen molar-refractivity contribution in [1.29, 1.82) is 0 Å². The first kappa shape index (κ1) is 18.1. The van der Waals surface area contributed by atoms with Gasteiger partial charge in [0.1, 0.15) is 0 Å². The molecule has 0 heterocycles. The molecule has 0 rings (SSSR count). The van der Waals surface area contributed by atoms with Crippen molar-refractivity contribution in [3.05, 3.63) is 0 Å². The molecule has 4 N–H and O–H groups in total. The molecule has 0 aromatic heterocycles. The average Bonchev–Trinajstić information content (AvgIpc) is 2.41. The molecule has 0 aliphatic rings. The van der Waals surface area contributed by atoms with E-state index in [-0.39, 0.29) is 0 Å². The normalized spacial score (nSPS) is 11.8. The van der Waals surface area contributed by atoms with Crippen molar-refractivity contribution in [2.75, 3.05) is 25.6 Å². The van der Waals surface area contributed by atoms with Gasteiger partial charge in [-0.25, -0.2) is 0 Å². The molecule has 0 saturated carbocycles. The van der Waals surface area contributed by atoms with Gasteiger partial charge in [-0.2, -0.15) is 10.2 Å². The second-order valence-corrected chi connectivity index (χ2v) is 5.37. The Kier molecular flexibility index (Phi) is 10.4. The van der Waals surface area contributed by atoms with Crippen LogP contribution >= 0.6 is 36.2 Å². The molecule has 0 amide bonds. The highest BCUT2D eigenvalue weighted by atomic mass is 32.2. The maximum absolute atomic E-state index is 4.92. The Morgan fingerprint density at radius 1 is 0.895 bits per heavy atom. The molecule has 0 spiro atoms. The van der Waals surface area contributed by atoms with E-state index in [1.165, 1.54) is 0 Å². The van der Waals surface area contributed by atoms with Gasteiger partial charge in [0.15, 0.2) is 10.2 Å². The summed E-state index contributed by atoms with van der Waals surface area (Å²) in [6.07, 6.45) is 0. The molecule has 0 unspecified atom stereocenters. The highest BCUT2D eigenvalue weighted by Gasteiger charge is 1.97. The lowest BCUT2D eigenvalue weighted by Gasteiger charge is -2.05. The maximum atomic E-state index is 4.92. The van der Waals surface area contributed by atoms with E-state index in [1.54, 1.807) is 25.9 Å². The quantitative estimate of drug-likeness (QED) is 0.325. The number of hydrogen-bond acceptors (Lipinski definition) is 5. The first-order valence-electron chi connectivity index (χ1n) is 5.59. The average molecular weight is 321 g/mol. The van der Waals surface area contributed by atoms with Crippen molar-refractivity contribution >= 4 is 57.8 Å². The van der Waals surface area contributed by atoms with Crippen LogP contribution in [0.4, 0.5) is 0 Å². The third-order valence-corrected chi connectivity index (χ3v) is 3.61. The Balaban J connectivity index is 3.89. The van der Waals surface area contributed by atoms with Gasteiger partial charge in [-0.05, 0) is 38.3 Å². The van der Waals surface area contributed by atoms with Crippen LogP contribution in [0.5, 0.6) is 0 Å². The van der Waals surface area contributed by atoms with Crippen molar-refractivity contribution in [2.45, 2.75) is 13.8 Å². The fraction of sp³-hybridized carbons (Fsp3) is 0.600. The molecule has 0 atom stereocenters. The molecule has 0 bridgehead atoms. The van der Waals surface area contributed by atoms with Gasteiger partial charge in [0.2, 0.25) is 0 Å². The van der Waals surface area contributed by atoms with Gasteiger partial charge in [-0.1, -0.05) is 0 Å². The van der Waals surface area contributed by atoms with Crippen molar-refractivity contribution < 1.29 is 0 Å². The van der Waals surface area contributed by atoms with Crippen LogP contribution in [0.2, 0.25) is 0 Å². The summed E-state index contributed by atoms with van der Waals surface area (Å²) in [5, 5.41) is 14.9. The Morgan fingerprint density at radius 2 is 1.26 bits per heavy atom. The number of hydrazone groups is 2. The maximum Gasteiger partial charge on any atom is 0.186 e. The van der Waals surface area contributed by atoms with Gasteiger partial charge in [0, 0.05) is 37.0 Å². The van der Waals surface area contributed by atoms with Gasteiger partial charge >= 0.3 is 0 Å². The van der Waals surface area contributed by atoms with E-state index in [1.807, 2.05) is 13.8 Å². The molecule has 0 saturated heterocycles. The van der Waals surface area contributed by atoms with E-state index in [2.05, 4.69) is 31.7 Å². The van der Waals surface area contributed by atoms with E-state index in [0.29, 0.717) is 10.2 Å². The second kappa shape index (κ2) is 10.9. The molecule has 6 nitrogen and oxygen atoms in total. The minimum atomic E-state index is 0.506. The monoisotopic (exact) mass is 320 g/mol. The first-order valence-corrected chi connectivity index (χ1v) is 7.56. The van der Waals surface area contributed by atoms with E-state index >= 15 is 0 Å². The second-order valence-electron chi connectivity index (χ2n) is 3.57. The van der Waals surface area contributed by atoms with E-state index < -0.39 is 0 Å². The van der Waals surface area contributed by atoms with Crippen LogP contribution in [-0.2, 0) is 0 Å². The Bertz CT molecular complexity index is 332. The molecule has 9 heteroatoms. The summed E-state index contributed by atoms with van der Waals surface area (Å²) in [5.41, 5.74) is 7.42. The fourth-order valence-electron chi connectivity index (χ4n) is 0.815. The molecule has 0 radical (unpaired) electrons. The lowest BCUT2D eigenvalue weighted by molar-refractivity contribution is 0.971. The zero-order valence-electron chi connectivity index (χ0n) is 11.5. The summed E-state index contributed by atoms with van der Waals surface area (Å²) in [7, 11) is 3.49. The minimum absolute atomic E-state index is 0.506. The van der Waals surface area contributed by atoms with Crippen LogP contribution in [0.3, 0.4) is 0 Å². The minimum Gasteiger partial charge on any atom is -0.364 e. The molecule has 0 aromatic carbocycles.